The summed E-state index contributed by atoms with van der Waals surface area (Å²) in [4.78, 5) is 26.7. The quantitative estimate of drug-likeness (QED) is 0.694. The number of benzene rings is 1. The third-order valence-corrected chi connectivity index (χ3v) is 5.12. The van der Waals surface area contributed by atoms with Gasteiger partial charge in [0.25, 0.3) is 0 Å². The maximum Gasteiger partial charge on any atom is 0.237 e. The molecule has 2 rings (SSSR count). The van der Waals surface area contributed by atoms with E-state index >= 15 is 0 Å². The Balaban J connectivity index is 2.09. The average molecular weight is 361 g/mol. The first kappa shape index (κ1) is 20.2. The number of rotatable bonds is 8. The van der Waals surface area contributed by atoms with Gasteiger partial charge < -0.3 is 15.4 Å². The van der Waals surface area contributed by atoms with Crippen LogP contribution in [0.3, 0.4) is 0 Å². The molecule has 0 saturated carbocycles. The molecule has 26 heavy (non-hydrogen) atoms. The van der Waals surface area contributed by atoms with Gasteiger partial charge in [0, 0.05) is 26.2 Å². The summed E-state index contributed by atoms with van der Waals surface area (Å²) in [6, 6.07) is 3.59. The van der Waals surface area contributed by atoms with Crippen LogP contribution in [0.4, 0.5) is 0 Å². The molecular weight excluding hydrogens is 330 g/mol. The van der Waals surface area contributed by atoms with E-state index in [1.807, 2.05) is 19.1 Å². The number of unbranched alkanes of at least 4 members (excludes halogenated alkanes) is 1. The van der Waals surface area contributed by atoms with E-state index in [1.54, 1.807) is 7.11 Å². The minimum Gasteiger partial charge on any atom is -0.496 e. The zero-order chi connectivity index (χ0) is 19.1. The largest absolute Gasteiger partial charge is 0.496 e. The standard InChI is InChI=1S/C20H31N3O3/c1-5-6-9-21-19(24)12-17-20(25)22-10-11-23(17)13-16-7-8-18(26-4)15(3)14(16)2/h7-8,17H,5-6,9-13H2,1-4H3,(H,21,24)(H,22,25)/t17-/m0/s1. The lowest BCUT2D eigenvalue weighted by Crippen LogP contribution is -2.56. The fraction of sp³-hybridized carbons (Fsp3) is 0.600. The van der Waals surface area contributed by atoms with Gasteiger partial charge in [0.15, 0.2) is 0 Å². The molecule has 1 fully saturated rings. The van der Waals surface area contributed by atoms with E-state index < -0.39 is 6.04 Å². The minimum absolute atomic E-state index is 0.0619. The molecule has 1 saturated heterocycles. The molecule has 1 aliphatic heterocycles. The summed E-state index contributed by atoms with van der Waals surface area (Å²) in [7, 11) is 1.67. The Morgan fingerprint density at radius 3 is 2.81 bits per heavy atom. The molecule has 1 heterocycles. The predicted molar refractivity (Wildman–Crippen MR) is 102 cm³/mol. The van der Waals surface area contributed by atoms with Crippen molar-refractivity contribution in [3.05, 3.63) is 28.8 Å². The molecule has 0 bridgehead atoms. The van der Waals surface area contributed by atoms with Crippen LogP contribution in [0.5, 0.6) is 5.75 Å². The highest BCUT2D eigenvalue weighted by atomic mass is 16.5. The van der Waals surface area contributed by atoms with Gasteiger partial charge in [-0.15, -0.1) is 0 Å². The first-order valence-corrected chi connectivity index (χ1v) is 9.39. The Morgan fingerprint density at radius 2 is 2.12 bits per heavy atom. The van der Waals surface area contributed by atoms with Crippen LogP contribution in [-0.4, -0.2) is 49.5 Å². The Bertz CT molecular complexity index is 645. The lowest BCUT2D eigenvalue weighted by Gasteiger charge is -2.35. The molecule has 0 spiro atoms. The average Bonchev–Trinajstić information content (AvgIpc) is 2.62. The smallest absolute Gasteiger partial charge is 0.237 e. The van der Waals surface area contributed by atoms with Gasteiger partial charge in [0.05, 0.1) is 19.6 Å². The zero-order valence-electron chi connectivity index (χ0n) is 16.4. The van der Waals surface area contributed by atoms with E-state index in [2.05, 4.69) is 29.4 Å². The molecule has 1 aliphatic rings. The van der Waals surface area contributed by atoms with Crippen LogP contribution in [-0.2, 0) is 16.1 Å². The summed E-state index contributed by atoms with van der Waals surface area (Å²) in [5, 5.41) is 5.79. The minimum atomic E-state index is -0.424. The predicted octanol–water partition coefficient (Wildman–Crippen LogP) is 1.92. The highest BCUT2D eigenvalue weighted by molar-refractivity contribution is 5.88. The second-order valence-corrected chi connectivity index (χ2v) is 6.86. The van der Waals surface area contributed by atoms with Crippen molar-refractivity contribution in [1.29, 1.82) is 0 Å². The molecule has 0 aliphatic carbocycles. The molecule has 2 N–H and O–H groups in total. The Hall–Kier alpha value is -2.08. The van der Waals surface area contributed by atoms with E-state index in [9.17, 15) is 9.59 Å². The lowest BCUT2D eigenvalue weighted by molar-refractivity contribution is -0.134. The van der Waals surface area contributed by atoms with Crippen molar-refractivity contribution in [1.82, 2.24) is 15.5 Å². The zero-order valence-corrected chi connectivity index (χ0v) is 16.4. The van der Waals surface area contributed by atoms with Gasteiger partial charge in [-0.2, -0.15) is 0 Å². The third-order valence-electron chi connectivity index (χ3n) is 5.12. The first-order chi connectivity index (χ1) is 12.5. The molecule has 144 valence electrons. The van der Waals surface area contributed by atoms with Crippen LogP contribution in [0.2, 0.25) is 0 Å². The number of ether oxygens (including phenoxy) is 1. The van der Waals surface area contributed by atoms with Crippen molar-refractivity contribution < 1.29 is 14.3 Å². The number of carbonyl (C=O) groups is 2. The van der Waals surface area contributed by atoms with E-state index in [4.69, 9.17) is 4.74 Å². The Morgan fingerprint density at radius 1 is 1.35 bits per heavy atom. The van der Waals surface area contributed by atoms with Gasteiger partial charge in [0.1, 0.15) is 5.75 Å². The van der Waals surface area contributed by atoms with Crippen LogP contribution in [0.1, 0.15) is 42.9 Å². The van der Waals surface area contributed by atoms with Gasteiger partial charge in [0.2, 0.25) is 11.8 Å². The van der Waals surface area contributed by atoms with Crippen molar-refractivity contribution in [2.24, 2.45) is 0 Å². The van der Waals surface area contributed by atoms with Crippen LogP contribution in [0.25, 0.3) is 0 Å². The maximum atomic E-state index is 12.4. The Kier molecular flexibility index (Phi) is 7.45. The van der Waals surface area contributed by atoms with Crippen LogP contribution in [0.15, 0.2) is 12.1 Å². The molecular formula is C20H31N3O3. The number of nitrogens with zero attached hydrogens (tertiary/aromatic N) is 1. The highest BCUT2D eigenvalue weighted by Crippen LogP contribution is 2.25. The summed E-state index contributed by atoms with van der Waals surface area (Å²) in [6.45, 7) is 8.87. The van der Waals surface area contributed by atoms with Crippen molar-refractivity contribution >= 4 is 11.8 Å². The fourth-order valence-corrected chi connectivity index (χ4v) is 3.29. The summed E-state index contributed by atoms with van der Waals surface area (Å²) >= 11 is 0. The molecule has 1 atom stereocenters. The van der Waals surface area contributed by atoms with Gasteiger partial charge in [-0.25, -0.2) is 0 Å². The summed E-state index contributed by atoms with van der Waals surface area (Å²) < 4.78 is 5.38. The normalized spacial score (nSPS) is 17.7. The van der Waals surface area contributed by atoms with E-state index in [-0.39, 0.29) is 18.2 Å². The van der Waals surface area contributed by atoms with E-state index in [0.29, 0.717) is 19.6 Å². The van der Waals surface area contributed by atoms with Gasteiger partial charge in [-0.05, 0) is 43.0 Å². The highest BCUT2D eigenvalue weighted by Gasteiger charge is 2.31. The molecule has 1 aromatic carbocycles. The van der Waals surface area contributed by atoms with E-state index in [1.165, 1.54) is 5.56 Å². The number of piperazine rings is 1. The first-order valence-electron chi connectivity index (χ1n) is 9.39. The topological polar surface area (TPSA) is 70.7 Å². The number of hydrogen-bond acceptors (Lipinski definition) is 4. The lowest BCUT2D eigenvalue weighted by atomic mass is 10.00. The molecule has 0 unspecified atom stereocenters. The maximum absolute atomic E-state index is 12.4. The van der Waals surface area contributed by atoms with Crippen molar-refractivity contribution in [2.75, 3.05) is 26.7 Å². The van der Waals surface area contributed by atoms with Gasteiger partial charge in [-0.3, -0.25) is 14.5 Å². The van der Waals surface area contributed by atoms with Crippen molar-refractivity contribution in [3.8, 4) is 5.75 Å². The van der Waals surface area contributed by atoms with Gasteiger partial charge in [-0.1, -0.05) is 19.4 Å². The van der Waals surface area contributed by atoms with Crippen molar-refractivity contribution in [3.63, 3.8) is 0 Å². The van der Waals surface area contributed by atoms with E-state index in [0.717, 1.165) is 36.3 Å². The van der Waals surface area contributed by atoms with Gasteiger partial charge >= 0.3 is 0 Å². The molecule has 1 aromatic rings. The van der Waals surface area contributed by atoms with Crippen LogP contribution >= 0.6 is 0 Å². The molecule has 0 radical (unpaired) electrons. The number of hydrogen-bond donors (Lipinski definition) is 2. The summed E-state index contributed by atoms with van der Waals surface area (Å²) in [6.07, 6.45) is 2.19. The molecule has 0 aromatic heterocycles. The van der Waals surface area contributed by atoms with Crippen LogP contribution in [0, 0.1) is 13.8 Å². The van der Waals surface area contributed by atoms with Crippen LogP contribution < -0.4 is 15.4 Å². The summed E-state index contributed by atoms with van der Waals surface area (Å²) in [5.74, 6) is 0.743. The molecule has 6 heteroatoms. The summed E-state index contributed by atoms with van der Waals surface area (Å²) in [5.41, 5.74) is 3.44. The second kappa shape index (κ2) is 9.57. The van der Waals surface area contributed by atoms with Crippen molar-refractivity contribution in [2.45, 2.75) is 52.6 Å². The number of nitrogens with one attached hydrogen (secondary N) is 2. The number of methoxy groups -OCH3 is 1. The monoisotopic (exact) mass is 361 g/mol. The second-order valence-electron chi connectivity index (χ2n) is 6.86. The molecule has 6 nitrogen and oxygen atoms in total. The molecule has 2 amide bonds. The number of amides is 2. The fourth-order valence-electron chi connectivity index (χ4n) is 3.29. The third kappa shape index (κ3) is 4.97. The number of carbonyl (C=O) groups excluding carboxylic acids is 2. The SMILES string of the molecule is CCCCNC(=O)C[C@H]1C(=O)NCCN1Cc1ccc(OC)c(C)c1C. The Labute approximate surface area is 156 Å².